The highest BCUT2D eigenvalue weighted by molar-refractivity contribution is 8.14. The van der Waals surface area contributed by atoms with Gasteiger partial charge in [-0.25, -0.2) is 4.99 Å². The molecular formula is C20H25N3O3S. The van der Waals surface area contributed by atoms with E-state index >= 15 is 0 Å². The molecule has 1 aromatic heterocycles. The summed E-state index contributed by atoms with van der Waals surface area (Å²) in [4.78, 5) is 17.6. The molecule has 1 aromatic carbocycles. The lowest BCUT2D eigenvalue weighted by Gasteiger charge is -2.23. The van der Waals surface area contributed by atoms with E-state index in [1.54, 1.807) is 23.9 Å². The summed E-state index contributed by atoms with van der Waals surface area (Å²) in [6.45, 7) is 1.97. The van der Waals surface area contributed by atoms with E-state index in [0.29, 0.717) is 17.4 Å². The van der Waals surface area contributed by atoms with Crippen molar-refractivity contribution >= 4 is 22.6 Å². The minimum Gasteiger partial charge on any atom is -0.504 e. The van der Waals surface area contributed by atoms with E-state index < -0.39 is 0 Å². The van der Waals surface area contributed by atoms with E-state index in [0.717, 1.165) is 29.3 Å². The lowest BCUT2D eigenvalue weighted by atomic mass is 10.0. The first kappa shape index (κ1) is 18.2. The van der Waals surface area contributed by atoms with Crippen LogP contribution >= 0.6 is 11.8 Å². The van der Waals surface area contributed by atoms with Crippen molar-refractivity contribution in [3.8, 4) is 11.5 Å². The molecule has 0 radical (unpaired) electrons. The maximum atomic E-state index is 12.9. The molecule has 1 fully saturated rings. The van der Waals surface area contributed by atoms with Crippen molar-refractivity contribution in [2.45, 2.75) is 56.7 Å². The average Bonchev–Trinajstić information content (AvgIpc) is 2.84. The van der Waals surface area contributed by atoms with Gasteiger partial charge in [0.05, 0.1) is 29.0 Å². The quantitative estimate of drug-likeness (QED) is 0.750. The SMILES string of the molecule is COc1ccc([C@@H]2SC(C)=Nc3c2c(=O)[nH]n3C2CCCCCC2)cc1O. The number of hydrogen-bond acceptors (Lipinski definition) is 5. The van der Waals surface area contributed by atoms with Crippen LogP contribution in [0.4, 0.5) is 5.82 Å². The number of aromatic amines is 1. The van der Waals surface area contributed by atoms with Crippen LogP contribution < -0.4 is 10.3 Å². The van der Waals surface area contributed by atoms with E-state index in [1.165, 1.54) is 32.8 Å². The third-order valence-corrected chi connectivity index (χ3v) is 6.62. The highest BCUT2D eigenvalue weighted by Crippen LogP contribution is 2.46. The van der Waals surface area contributed by atoms with Crippen LogP contribution in [-0.2, 0) is 0 Å². The number of H-pyrrole nitrogens is 1. The van der Waals surface area contributed by atoms with Crippen LogP contribution in [0.3, 0.4) is 0 Å². The van der Waals surface area contributed by atoms with Gasteiger partial charge in [-0.3, -0.25) is 14.6 Å². The fraction of sp³-hybridized carbons (Fsp3) is 0.500. The van der Waals surface area contributed by atoms with Crippen molar-refractivity contribution in [1.29, 1.82) is 0 Å². The number of phenols is 1. The summed E-state index contributed by atoms with van der Waals surface area (Å²) in [6.07, 6.45) is 7.05. The van der Waals surface area contributed by atoms with Crippen LogP contribution in [0, 0.1) is 0 Å². The van der Waals surface area contributed by atoms with E-state index in [-0.39, 0.29) is 16.6 Å². The van der Waals surface area contributed by atoms with Crippen LogP contribution in [0.2, 0.25) is 0 Å². The zero-order valence-electron chi connectivity index (χ0n) is 15.7. The molecule has 144 valence electrons. The topological polar surface area (TPSA) is 79.6 Å². The summed E-state index contributed by atoms with van der Waals surface area (Å²) in [5.74, 6) is 1.26. The summed E-state index contributed by atoms with van der Waals surface area (Å²) in [5.41, 5.74) is 1.47. The van der Waals surface area contributed by atoms with Crippen molar-refractivity contribution in [3.05, 3.63) is 39.7 Å². The van der Waals surface area contributed by atoms with Gasteiger partial charge in [0.1, 0.15) is 0 Å². The molecule has 2 N–H and O–H groups in total. The molecule has 1 aliphatic heterocycles. The maximum absolute atomic E-state index is 12.9. The third kappa shape index (κ3) is 3.40. The van der Waals surface area contributed by atoms with Gasteiger partial charge in [0.15, 0.2) is 17.3 Å². The summed E-state index contributed by atoms with van der Waals surface area (Å²) >= 11 is 1.55. The standard InChI is InChI=1S/C20H25N3O3S/c1-12-21-19-17(18(27-12)13-9-10-16(26-2)15(24)11-13)20(25)22-23(19)14-7-5-3-4-6-8-14/h9-11,14,18,24H,3-8H2,1-2H3,(H,22,25)/t18-/m0/s1. The zero-order chi connectivity index (χ0) is 19.0. The number of methoxy groups -OCH3 is 1. The summed E-state index contributed by atoms with van der Waals surface area (Å²) in [6, 6.07) is 5.62. The monoisotopic (exact) mass is 387 g/mol. The molecule has 6 nitrogen and oxygen atoms in total. The van der Waals surface area contributed by atoms with Crippen LogP contribution in [0.25, 0.3) is 0 Å². The van der Waals surface area contributed by atoms with Crippen molar-refractivity contribution < 1.29 is 9.84 Å². The molecule has 0 bridgehead atoms. The van der Waals surface area contributed by atoms with Gasteiger partial charge in [-0.05, 0) is 37.5 Å². The van der Waals surface area contributed by atoms with Crippen molar-refractivity contribution in [3.63, 3.8) is 0 Å². The second kappa shape index (κ2) is 7.46. The Balaban J connectivity index is 1.78. The van der Waals surface area contributed by atoms with Gasteiger partial charge < -0.3 is 9.84 Å². The van der Waals surface area contributed by atoms with Crippen molar-refractivity contribution in [2.24, 2.45) is 4.99 Å². The number of hydrogen-bond donors (Lipinski definition) is 2. The minimum atomic E-state index is -0.190. The Morgan fingerprint density at radius 1 is 1.26 bits per heavy atom. The van der Waals surface area contributed by atoms with Gasteiger partial charge in [-0.2, -0.15) is 0 Å². The lowest BCUT2D eigenvalue weighted by Crippen LogP contribution is -2.14. The first-order chi connectivity index (χ1) is 13.1. The fourth-order valence-electron chi connectivity index (χ4n) is 4.09. The van der Waals surface area contributed by atoms with Gasteiger partial charge >= 0.3 is 0 Å². The van der Waals surface area contributed by atoms with Crippen LogP contribution in [0.1, 0.15) is 67.9 Å². The molecule has 7 heteroatoms. The summed E-state index contributed by atoms with van der Waals surface area (Å²) in [5, 5.41) is 14.0. The number of thioether (sulfide) groups is 1. The Kier molecular flexibility index (Phi) is 5.04. The predicted octanol–water partition coefficient (Wildman–Crippen LogP) is 4.67. The van der Waals surface area contributed by atoms with E-state index in [9.17, 15) is 9.90 Å². The van der Waals surface area contributed by atoms with Crippen LogP contribution in [0.15, 0.2) is 28.0 Å². The summed E-state index contributed by atoms with van der Waals surface area (Å²) in [7, 11) is 1.52. The molecule has 4 rings (SSSR count). The Hall–Kier alpha value is -2.15. The minimum absolute atomic E-state index is 0.0805. The molecule has 0 spiro atoms. The van der Waals surface area contributed by atoms with Crippen molar-refractivity contribution in [2.75, 3.05) is 7.11 Å². The van der Waals surface area contributed by atoms with Crippen molar-refractivity contribution in [1.82, 2.24) is 9.78 Å². The number of ether oxygens (including phenoxy) is 1. The molecule has 2 aliphatic rings. The van der Waals surface area contributed by atoms with Gasteiger partial charge in [0.25, 0.3) is 5.56 Å². The lowest BCUT2D eigenvalue weighted by molar-refractivity contribution is 0.373. The highest BCUT2D eigenvalue weighted by Gasteiger charge is 2.32. The fourth-order valence-corrected chi connectivity index (χ4v) is 5.19. The van der Waals surface area contributed by atoms with E-state index in [4.69, 9.17) is 9.73 Å². The molecule has 0 saturated heterocycles. The van der Waals surface area contributed by atoms with E-state index in [2.05, 4.69) is 5.10 Å². The first-order valence-corrected chi connectivity index (χ1v) is 10.4. The Morgan fingerprint density at radius 2 is 2.00 bits per heavy atom. The number of aliphatic imine (C=N–C) groups is 1. The number of phenolic OH excluding ortho intramolecular Hbond substituents is 1. The number of rotatable bonds is 3. The van der Waals surface area contributed by atoms with E-state index in [1.807, 2.05) is 17.7 Å². The highest BCUT2D eigenvalue weighted by atomic mass is 32.2. The maximum Gasteiger partial charge on any atom is 0.271 e. The Morgan fingerprint density at radius 3 is 2.67 bits per heavy atom. The molecule has 0 amide bonds. The van der Waals surface area contributed by atoms with Gasteiger partial charge in [0, 0.05) is 0 Å². The number of aromatic hydroxyl groups is 1. The second-order valence-electron chi connectivity index (χ2n) is 7.25. The Labute approximate surface area is 162 Å². The number of fused-ring (bicyclic) bond motifs is 1. The zero-order valence-corrected chi connectivity index (χ0v) is 16.5. The molecule has 1 saturated carbocycles. The normalized spacial score (nSPS) is 20.7. The van der Waals surface area contributed by atoms with Crippen LogP contribution in [-0.4, -0.2) is 27.0 Å². The molecule has 1 atom stereocenters. The first-order valence-electron chi connectivity index (χ1n) is 9.51. The molecule has 1 aliphatic carbocycles. The average molecular weight is 388 g/mol. The number of benzene rings is 1. The number of nitrogens with one attached hydrogen (secondary N) is 1. The van der Waals surface area contributed by atoms with Gasteiger partial charge in [-0.1, -0.05) is 43.5 Å². The van der Waals surface area contributed by atoms with Gasteiger partial charge in [-0.15, -0.1) is 0 Å². The second-order valence-corrected chi connectivity index (χ2v) is 8.55. The molecule has 0 unspecified atom stereocenters. The molecule has 2 aromatic rings. The predicted molar refractivity (Wildman–Crippen MR) is 109 cm³/mol. The largest absolute Gasteiger partial charge is 0.504 e. The third-order valence-electron chi connectivity index (χ3n) is 5.45. The molecular weight excluding hydrogens is 362 g/mol. The Bertz CT molecular complexity index is 923. The molecule has 2 heterocycles. The summed E-state index contributed by atoms with van der Waals surface area (Å²) < 4.78 is 7.15. The van der Waals surface area contributed by atoms with Crippen LogP contribution in [0.5, 0.6) is 11.5 Å². The molecule has 27 heavy (non-hydrogen) atoms. The van der Waals surface area contributed by atoms with Gasteiger partial charge in [0.2, 0.25) is 0 Å². The smallest absolute Gasteiger partial charge is 0.271 e. The number of nitrogens with zero attached hydrogens (tertiary/aromatic N) is 2. The number of aromatic nitrogens is 2.